The molecule has 0 aromatic rings. The van der Waals surface area contributed by atoms with Gasteiger partial charge in [0.25, 0.3) is 0 Å². The molecule has 1 fully saturated rings. The first-order valence-electron chi connectivity index (χ1n) is 3.60. The van der Waals surface area contributed by atoms with Gasteiger partial charge in [0.2, 0.25) is 0 Å². The van der Waals surface area contributed by atoms with E-state index in [0.29, 0.717) is 0 Å². The van der Waals surface area contributed by atoms with Crippen LogP contribution in [-0.4, -0.2) is 23.8 Å². The Morgan fingerprint density at radius 3 is 2.73 bits per heavy atom. The maximum atomic E-state index is 5.32. The Labute approximate surface area is 71.4 Å². The lowest BCUT2D eigenvalue weighted by Crippen LogP contribution is -2.33. The molecule has 0 aromatic heterocycles. The third kappa shape index (κ3) is 2.67. The van der Waals surface area contributed by atoms with Crippen LogP contribution in [0.15, 0.2) is 4.99 Å². The lowest BCUT2D eigenvalue weighted by atomic mass is 10.2. The predicted octanol–water partition coefficient (Wildman–Crippen LogP) is 1.59. The third-order valence-electron chi connectivity index (χ3n) is 1.50. The maximum absolute atomic E-state index is 5.32. The summed E-state index contributed by atoms with van der Waals surface area (Å²) in [6.45, 7) is 3.84. The van der Waals surface area contributed by atoms with Gasteiger partial charge < -0.3 is 9.47 Å². The molecule has 0 amide bonds. The fourth-order valence-corrected chi connectivity index (χ4v) is 1.23. The van der Waals surface area contributed by atoms with Crippen LogP contribution in [0.2, 0.25) is 0 Å². The largest absolute Gasteiger partial charge is 0.350 e. The van der Waals surface area contributed by atoms with E-state index in [4.69, 9.17) is 9.47 Å². The second-order valence-electron chi connectivity index (χ2n) is 2.56. The van der Waals surface area contributed by atoms with Gasteiger partial charge in [-0.1, -0.05) is 0 Å². The van der Waals surface area contributed by atoms with Gasteiger partial charge in [-0.25, -0.2) is 4.99 Å². The molecule has 1 saturated heterocycles. The Balaban J connectivity index is 2.49. The zero-order valence-corrected chi connectivity index (χ0v) is 7.43. The van der Waals surface area contributed by atoms with E-state index in [2.05, 4.69) is 22.4 Å². The van der Waals surface area contributed by atoms with Gasteiger partial charge in [0, 0.05) is 6.42 Å². The fourth-order valence-electron chi connectivity index (χ4n) is 1.12. The molecule has 0 aromatic carbocycles. The average molecular weight is 173 g/mol. The molecule has 0 N–H and O–H groups in total. The van der Waals surface area contributed by atoms with Crippen molar-refractivity contribution >= 4 is 17.4 Å². The van der Waals surface area contributed by atoms with Crippen molar-refractivity contribution in [1.29, 1.82) is 0 Å². The number of thiocarbonyl (C=S) groups is 1. The highest BCUT2D eigenvalue weighted by Crippen LogP contribution is 2.17. The molecule has 0 radical (unpaired) electrons. The fraction of sp³-hybridized carbons (Fsp3) is 0.857. The normalized spacial score (nSPS) is 37.8. The molecule has 0 spiro atoms. The van der Waals surface area contributed by atoms with Crippen molar-refractivity contribution in [1.82, 2.24) is 0 Å². The SMILES string of the molecule is C[C@@H]1O[C@H](C)C[C@@H](N=C=S)O1. The van der Waals surface area contributed by atoms with Crippen LogP contribution in [0, 0.1) is 0 Å². The Kier molecular flexibility index (Phi) is 3.15. The van der Waals surface area contributed by atoms with Crippen LogP contribution in [0.5, 0.6) is 0 Å². The van der Waals surface area contributed by atoms with Gasteiger partial charge in [0.15, 0.2) is 12.5 Å². The molecule has 11 heavy (non-hydrogen) atoms. The van der Waals surface area contributed by atoms with Gasteiger partial charge in [0.1, 0.15) is 0 Å². The highest BCUT2D eigenvalue weighted by atomic mass is 32.1. The molecular weight excluding hydrogens is 162 g/mol. The van der Waals surface area contributed by atoms with Crippen molar-refractivity contribution in [2.24, 2.45) is 4.99 Å². The minimum absolute atomic E-state index is 0.161. The second kappa shape index (κ2) is 3.93. The Bertz CT molecular complexity index is 169. The highest BCUT2D eigenvalue weighted by Gasteiger charge is 2.23. The lowest BCUT2D eigenvalue weighted by Gasteiger charge is -2.29. The molecule has 1 aliphatic rings. The molecular formula is C7H11NO2S. The van der Waals surface area contributed by atoms with Crippen molar-refractivity contribution < 1.29 is 9.47 Å². The molecule has 62 valence electrons. The summed E-state index contributed by atoms with van der Waals surface area (Å²) < 4.78 is 10.6. The van der Waals surface area contributed by atoms with Gasteiger partial charge in [-0.3, -0.25) is 0 Å². The molecule has 0 saturated carbocycles. The van der Waals surface area contributed by atoms with E-state index < -0.39 is 0 Å². The first-order chi connectivity index (χ1) is 5.22. The molecule has 4 heteroatoms. The van der Waals surface area contributed by atoms with Crippen LogP contribution in [0.4, 0.5) is 0 Å². The van der Waals surface area contributed by atoms with Crippen LogP contribution in [-0.2, 0) is 9.47 Å². The molecule has 0 unspecified atom stereocenters. The van der Waals surface area contributed by atoms with Crippen LogP contribution in [0.3, 0.4) is 0 Å². The molecule has 3 nitrogen and oxygen atoms in total. The second-order valence-corrected chi connectivity index (χ2v) is 2.74. The minimum Gasteiger partial charge on any atom is -0.350 e. The quantitative estimate of drug-likeness (QED) is 0.445. The van der Waals surface area contributed by atoms with E-state index in [1.807, 2.05) is 13.8 Å². The van der Waals surface area contributed by atoms with Gasteiger partial charge in [-0.2, -0.15) is 0 Å². The Morgan fingerprint density at radius 2 is 2.18 bits per heavy atom. The summed E-state index contributed by atoms with van der Waals surface area (Å²) >= 11 is 4.47. The monoisotopic (exact) mass is 173 g/mol. The number of ether oxygens (including phenoxy) is 2. The summed E-state index contributed by atoms with van der Waals surface area (Å²) in [7, 11) is 0. The summed E-state index contributed by atoms with van der Waals surface area (Å²) in [4.78, 5) is 3.85. The van der Waals surface area contributed by atoms with E-state index in [1.165, 1.54) is 0 Å². The number of rotatable bonds is 1. The van der Waals surface area contributed by atoms with Crippen molar-refractivity contribution in [3.63, 3.8) is 0 Å². The topological polar surface area (TPSA) is 30.8 Å². The molecule has 0 bridgehead atoms. The molecule has 1 heterocycles. The van der Waals surface area contributed by atoms with E-state index in [9.17, 15) is 0 Å². The summed E-state index contributed by atoms with van der Waals surface area (Å²) in [6, 6.07) is 0. The Hall–Kier alpha value is -0.280. The maximum Gasteiger partial charge on any atom is 0.163 e. The number of hydrogen-bond acceptors (Lipinski definition) is 4. The van der Waals surface area contributed by atoms with Crippen molar-refractivity contribution in [2.45, 2.75) is 38.9 Å². The summed E-state index contributed by atoms with van der Waals surface area (Å²) in [5.74, 6) is 0. The molecule has 3 atom stereocenters. The van der Waals surface area contributed by atoms with E-state index in [1.54, 1.807) is 0 Å². The Morgan fingerprint density at radius 1 is 1.45 bits per heavy atom. The predicted molar refractivity (Wildman–Crippen MR) is 44.5 cm³/mol. The highest BCUT2D eigenvalue weighted by molar-refractivity contribution is 7.78. The summed E-state index contributed by atoms with van der Waals surface area (Å²) in [5.41, 5.74) is 0. The molecule has 1 rings (SSSR count). The third-order valence-corrected chi connectivity index (χ3v) is 1.61. The smallest absolute Gasteiger partial charge is 0.163 e. The minimum atomic E-state index is -0.184. The van der Waals surface area contributed by atoms with Gasteiger partial charge in [0.05, 0.1) is 11.3 Å². The van der Waals surface area contributed by atoms with Gasteiger partial charge in [-0.05, 0) is 26.1 Å². The van der Waals surface area contributed by atoms with E-state index in [-0.39, 0.29) is 18.6 Å². The number of nitrogens with zero attached hydrogens (tertiary/aromatic N) is 1. The molecule has 0 aliphatic carbocycles. The van der Waals surface area contributed by atoms with Crippen molar-refractivity contribution in [3.05, 3.63) is 0 Å². The van der Waals surface area contributed by atoms with Crippen molar-refractivity contribution in [3.8, 4) is 0 Å². The summed E-state index contributed by atoms with van der Waals surface area (Å²) in [5, 5.41) is 2.31. The zero-order chi connectivity index (χ0) is 8.27. The van der Waals surface area contributed by atoms with Crippen LogP contribution < -0.4 is 0 Å². The van der Waals surface area contributed by atoms with Crippen LogP contribution in [0.1, 0.15) is 20.3 Å². The first-order valence-corrected chi connectivity index (χ1v) is 4.01. The van der Waals surface area contributed by atoms with E-state index >= 15 is 0 Å². The van der Waals surface area contributed by atoms with E-state index in [0.717, 1.165) is 6.42 Å². The first kappa shape index (κ1) is 8.81. The van der Waals surface area contributed by atoms with Gasteiger partial charge >= 0.3 is 0 Å². The zero-order valence-electron chi connectivity index (χ0n) is 6.61. The number of aliphatic imine (C=N–C) groups is 1. The van der Waals surface area contributed by atoms with Crippen LogP contribution in [0.25, 0.3) is 0 Å². The standard InChI is InChI=1S/C7H11NO2S/c1-5-3-7(8-4-11)10-6(2)9-5/h5-7H,3H2,1-2H3/t5-,6-,7+/m1/s1. The van der Waals surface area contributed by atoms with Crippen molar-refractivity contribution in [2.75, 3.05) is 0 Å². The number of hydrogen-bond donors (Lipinski definition) is 0. The molecule has 1 aliphatic heterocycles. The number of isothiocyanates is 1. The average Bonchev–Trinajstić information content (AvgIpc) is 1.85. The van der Waals surface area contributed by atoms with Gasteiger partial charge in [-0.15, -0.1) is 0 Å². The van der Waals surface area contributed by atoms with Crippen LogP contribution >= 0.6 is 12.2 Å². The lowest BCUT2D eigenvalue weighted by molar-refractivity contribution is -0.226. The summed E-state index contributed by atoms with van der Waals surface area (Å²) in [6.07, 6.45) is 0.603.